The highest BCUT2D eigenvalue weighted by Crippen LogP contribution is 2.23. The minimum Gasteiger partial charge on any atom is -0.481 e. The largest absolute Gasteiger partial charge is 0.481 e. The number of rotatable bonds is 17. The monoisotopic (exact) mass is 360 g/mol. The summed E-state index contributed by atoms with van der Waals surface area (Å²) in [4.78, 5) is 11.5. The molecule has 0 fully saturated rings. The maximum Gasteiger partial charge on any atom is 0.310 e. The van der Waals surface area contributed by atoms with E-state index in [0.29, 0.717) is 0 Å². The first-order chi connectivity index (χ1) is 12.8. The van der Waals surface area contributed by atoms with Gasteiger partial charge in [-0.25, -0.2) is 0 Å². The molecule has 1 aromatic rings. The van der Waals surface area contributed by atoms with Gasteiger partial charge in [-0.3, -0.25) is 4.79 Å². The molecule has 1 atom stereocenters. The summed E-state index contributed by atoms with van der Waals surface area (Å²) in [5, 5.41) is 9.43. The third-order valence-corrected chi connectivity index (χ3v) is 5.35. The SMILES string of the molecule is CCCCCCCCCCCCCCCCC(C(=O)O)c1ccccc1. The Morgan fingerprint density at radius 1 is 0.731 bits per heavy atom. The van der Waals surface area contributed by atoms with Crippen molar-refractivity contribution < 1.29 is 9.90 Å². The lowest BCUT2D eigenvalue weighted by Gasteiger charge is -2.12. The summed E-state index contributed by atoms with van der Waals surface area (Å²) in [6.45, 7) is 2.27. The van der Waals surface area contributed by atoms with Crippen LogP contribution in [0, 0.1) is 0 Å². The fourth-order valence-electron chi connectivity index (χ4n) is 3.66. The summed E-state index contributed by atoms with van der Waals surface area (Å²) in [6, 6.07) is 9.66. The molecule has 0 aromatic heterocycles. The minimum atomic E-state index is -0.689. The van der Waals surface area contributed by atoms with Gasteiger partial charge in [0, 0.05) is 0 Å². The normalized spacial score (nSPS) is 12.2. The number of unbranched alkanes of at least 4 members (excludes halogenated alkanes) is 13. The molecule has 0 aliphatic heterocycles. The van der Waals surface area contributed by atoms with Gasteiger partial charge >= 0.3 is 5.97 Å². The molecule has 1 aromatic carbocycles. The molecule has 1 rings (SSSR count). The molecular weight excluding hydrogens is 320 g/mol. The Hall–Kier alpha value is -1.31. The quantitative estimate of drug-likeness (QED) is 0.289. The second kappa shape index (κ2) is 15.9. The Bertz CT molecular complexity index is 441. The number of carboxylic acids is 1. The average molecular weight is 361 g/mol. The lowest BCUT2D eigenvalue weighted by molar-refractivity contribution is -0.139. The second-order valence-corrected chi connectivity index (χ2v) is 7.69. The summed E-state index contributed by atoms with van der Waals surface area (Å²) < 4.78 is 0. The molecule has 0 saturated heterocycles. The van der Waals surface area contributed by atoms with Crippen LogP contribution in [0.25, 0.3) is 0 Å². The number of benzene rings is 1. The molecule has 0 heterocycles. The van der Waals surface area contributed by atoms with Gasteiger partial charge in [0.15, 0.2) is 0 Å². The van der Waals surface area contributed by atoms with Crippen molar-refractivity contribution in [2.24, 2.45) is 0 Å². The van der Waals surface area contributed by atoms with Crippen LogP contribution in [0.5, 0.6) is 0 Å². The molecule has 0 amide bonds. The van der Waals surface area contributed by atoms with E-state index in [1.807, 2.05) is 30.3 Å². The molecule has 0 saturated carbocycles. The molecule has 148 valence electrons. The van der Waals surface area contributed by atoms with Crippen LogP contribution in [0.15, 0.2) is 30.3 Å². The molecule has 2 heteroatoms. The fourth-order valence-corrected chi connectivity index (χ4v) is 3.66. The highest BCUT2D eigenvalue weighted by atomic mass is 16.4. The first kappa shape index (κ1) is 22.7. The molecule has 0 spiro atoms. The van der Waals surface area contributed by atoms with Crippen LogP contribution in [-0.4, -0.2) is 11.1 Å². The fraction of sp³-hybridized carbons (Fsp3) is 0.708. The molecule has 26 heavy (non-hydrogen) atoms. The van der Waals surface area contributed by atoms with E-state index in [9.17, 15) is 9.90 Å². The first-order valence-corrected chi connectivity index (χ1v) is 11.0. The third-order valence-electron chi connectivity index (χ3n) is 5.35. The summed E-state index contributed by atoms with van der Waals surface area (Å²) in [7, 11) is 0. The van der Waals surface area contributed by atoms with E-state index in [4.69, 9.17) is 0 Å². The Morgan fingerprint density at radius 3 is 1.58 bits per heavy atom. The van der Waals surface area contributed by atoms with Gasteiger partial charge in [-0.2, -0.15) is 0 Å². The van der Waals surface area contributed by atoms with E-state index in [2.05, 4.69) is 6.92 Å². The highest BCUT2D eigenvalue weighted by molar-refractivity contribution is 5.75. The van der Waals surface area contributed by atoms with Gasteiger partial charge in [-0.15, -0.1) is 0 Å². The van der Waals surface area contributed by atoms with Crippen LogP contribution in [-0.2, 0) is 4.79 Å². The molecular formula is C24H40O2. The van der Waals surface area contributed by atoms with Crippen LogP contribution >= 0.6 is 0 Å². The van der Waals surface area contributed by atoms with Crippen LogP contribution in [0.4, 0.5) is 0 Å². The van der Waals surface area contributed by atoms with Gasteiger partial charge in [-0.05, 0) is 12.0 Å². The van der Waals surface area contributed by atoms with E-state index in [1.54, 1.807) is 0 Å². The summed E-state index contributed by atoms with van der Waals surface area (Å²) in [5.74, 6) is -1.03. The van der Waals surface area contributed by atoms with Crippen molar-refractivity contribution in [2.75, 3.05) is 0 Å². The van der Waals surface area contributed by atoms with Crippen LogP contribution in [0.1, 0.15) is 115 Å². The zero-order valence-electron chi connectivity index (χ0n) is 16.9. The molecule has 2 nitrogen and oxygen atoms in total. The van der Waals surface area contributed by atoms with Crippen molar-refractivity contribution in [2.45, 2.75) is 109 Å². The number of aliphatic carboxylic acids is 1. The minimum absolute atomic E-state index is 0.339. The van der Waals surface area contributed by atoms with Gasteiger partial charge in [-0.1, -0.05) is 127 Å². The predicted molar refractivity (Wildman–Crippen MR) is 112 cm³/mol. The Labute approximate surface area is 161 Å². The van der Waals surface area contributed by atoms with Gasteiger partial charge in [0.05, 0.1) is 5.92 Å². The van der Waals surface area contributed by atoms with Crippen molar-refractivity contribution in [3.05, 3.63) is 35.9 Å². The van der Waals surface area contributed by atoms with E-state index in [1.165, 1.54) is 77.0 Å². The second-order valence-electron chi connectivity index (χ2n) is 7.69. The maximum atomic E-state index is 11.5. The number of hydrogen-bond acceptors (Lipinski definition) is 1. The summed E-state index contributed by atoms with van der Waals surface area (Å²) in [5.41, 5.74) is 0.940. The third kappa shape index (κ3) is 11.3. The zero-order chi connectivity index (χ0) is 18.9. The van der Waals surface area contributed by atoms with Gasteiger partial charge in [0.2, 0.25) is 0 Å². The van der Waals surface area contributed by atoms with Gasteiger partial charge in [0.25, 0.3) is 0 Å². The number of carboxylic acid groups (broad SMARTS) is 1. The Morgan fingerprint density at radius 2 is 1.15 bits per heavy atom. The summed E-state index contributed by atoms with van der Waals surface area (Å²) in [6.07, 6.45) is 19.4. The highest BCUT2D eigenvalue weighted by Gasteiger charge is 2.18. The Kier molecular flexibility index (Phi) is 13.9. The van der Waals surface area contributed by atoms with E-state index in [0.717, 1.165) is 24.8 Å². The lowest BCUT2D eigenvalue weighted by atomic mass is 9.93. The first-order valence-electron chi connectivity index (χ1n) is 11.0. The van der Waals surface area contributed by atoms with Crippen molar-refractivity contribution >= 4 is 5.97 Å². The Balaban J connectivity index is 1.93. The van der Waals surface area contributed by atoms with Crippen molar-refractivity contribution in [3.63, 3.8) is 0 Å². The maximum absolute atomic E-state index is 11.5. The van der Waals surface area contributed by atoms with Crippen molar-refractivity contribution in [1.82, 2.24) is 0 Å². The molecule has 1 unspecified atom stereocenters. The van der Waals surface area contributed by atoms with Crippen LogP contribution in [0.3, 0.4) is 0 Å². The van der Waals surface area contributed by atoms with E-state index in [-0.39, 0.29) is 5.92 Å². The van der Waals surface area contributed by atoms with Gasteiger partial charge in [0.1, 0.15) is 0 Å². The van der Waals surface area contributed by atoms with Crippen molar-refractivity contribution in [3.8, 4) is 0 Å². The molecule has 1 N–H and O–H groups in total. The molecule has 0 radical (unpaired) electrons. The average Bonchev–Trinajstić information content (AvgIpc) is 2.65. The van der Waals surface area contributed by atoms with Crippen molar-refractivity contribution in [1.29, 1.82) is 0 Å². The van der Waals surface area contributed by atoms with Crippen LogP contribution in [0.2, 0.25) is 0 Å². The van der Waals surface area contributed by atoms with E-state index >= 15 is 0 Å². The lowest BCUT2D eigenvalue weighted by Crippen LogP contribution is -2.11. The number of hydrogen-bond donors (Lipinski definition) is 1. The van der Waals surface area contributed by atoms with E-state index < -0.39 is 5.97 Å². The topological polar surface area (TPSA) is 37.3 Å². The smallest absolute Gasteiger partial charge is 0.310 e. The molecule has 0 aliphatic rings. The van der Waals surface area contributed by atoms with Gasteiger partial charge < -0.3 is 5.11 Å². The van der Waals surface area contributed by atoms with Crippen LogP contribution < -0.4 is 0 Å². The summed E-state index contributed by atoms with van der Waals surface area (Å²) >= 11 is 0. The molecule has 0 aliphatic carbocycles. The zero-order valence-corrected chi connectivity index (χ0v) is 16.9. The number of carbonyl (C=O) groups is 1. The molecule has 0 bridgehead atoms. The predicted octanol–water partition coefficient (Wildman–Crippen LogP) is 7.73. The standard InChI is InChI=1S/C24H40O2/c1-2-3-4-5-6-7-8-9-10-11-12-13-14-18-21-23(24(25)26)22-19-16-15-17-20-22/h15-17,19-20,23H,2-14,18,21H2,1H3,(H,25,26).